The van der Waals surface area contributed by atoms with Gasteiger partial charge in [0, 0.05) is 25.3 Å². The Labute approximate surface area is 238 Å². The van der Waals surface area contributed by atoms with Gasteiger partial charge in [0.2, 0.25) is 5.88 Å². The average molecular weight is 589 g/mol. The molecular weight excluding hydrogens is 565 g/mol. The van der Waals surface area contributed by atoms with Crippen molar-refractivity contribution in [3.8, 4) is 5.88 Å². The Kier molecular flexibility index (Phi) is 7.35. The van der Waals surface area contributed by atoms with Crippen molar-refractivity contribution in [3.63, 3.8) is 0 Å². The quantitative estimate of drug-likeness (QED) is 0.285. The van der Waals surface area contributed by atoms with Crippen molar-refractivity contribution in [1.82, 2.24) is 19.4 Å². The van der Waals surface area contributed by atoms with E-state index in [-0.39, 0.29) is 29.1 Å². The molecule has 4 heterocycles. The number of carboxylic acid groups (broad SMARTS) is 1. The standard InChI is InChI=1S/C28H24Cl2F2N4O4/c29-20-10-17(31)2-1-16(20)14-40-27-21(30)9-15-5-7-35(12-23(15)34-27)13-24-33-22-4-3-19(28(37)38)25(32)26(22)36(24)11-18-6-8-39-18/h1-4,9-10,18H,5-8,11-14H2,(H,37,38)/t18-/m0/s1. The van der Waals surface area contributed by atoms with Crippen LogP contribution in [-0.2, 0) is 37.4 Å². The van der Waals surface area contributed by atoms with Crippen LogP contribution in [0.25, 0.3) is 11.0 Å². The van der Waals surface area contributed by atoms with E-state index in [2.05, 4.69) is 14.9 Å². The van der Waals surface area contributed by atoms with Crippen LogP contribution in [0, 0.1) is 11.6 Å². The molecule has 4 aromatic rings. The first-order valence-electron chi connectivity index (χ1n) is 12.8. The average Bonchev–Trinajstić information content (AvgIpc) is 3.23. The number of halogens is 4. The van der Waals surface area contributed by atoms with Gasteiger partial charge >= 0.3 is 5.97 Å². The lowest BCUT2D eigenvalue weighted by Gasteiger charge is -2.30. The maximum absolute atomic E-state index is 15.3. The Balaban J connectivity index is 1.24. The number of nitrogens with zero attached hydrogens (tertiary/aromatic N) is 4. The van der Waals surface area contributed by atoms with E-state index in [1.165, 1.54) is 24.3 Å². The molecule has 1 atom stereocenters. The minimum Gasteiger partial charge on any atom is -0.478 e. The monoisotopic (exact) mass is 588 g/mol. The summed E-state index contributed by atoms with van der Waals surface area (Å²) in [6, 6.07) is 8.70. The number of fused-ring (bicyclic) bond motifs is 2. The molecule has 0 aliphatic carbocycles. The highest BCUT2D eigenvalue weighted by atomic mass is 35.5. The molecule has 8 nitrogen and oxygen atoms in total. The van der Waals surface area contributed by atoms with Crippen LogP contribution in [-0.4, -0.2) is 49.8 Å². The third-order valence-electron chi connectivity index (χ3n) is 7.26. The van der Waals surface area contributed by atoms with Gasteiger partial charge in [0.1, 0.15) is 28.8 Å². The zero-order valence-electron chi connectivity index (χ0n) is 21.2. The van der Waals surface area contributed by atoms with Crippen molar-refractivity contribution in [3.05, 3.63) is 86.3 Å². The molecule has 2 aromatic heterocycles. The van der Waals surface area contributed by atoms with E-state index in [9.17, 15) is 14.3 Å². The number of carbonyl (C=O) groups is 1. The van der Waals surface area contributed by atoms with E-state index in [1.807, 2.05) is 6.07 Å². The third kappa shape index (κ3) is 5.24. The smallest absolute Gasteiger partial charge is 0.338 e. The fraction of sp³-hybridized carbons (Fsp3) is 0.321. The predicted octanol–water partition coefficient (Wildman–Crippen LogP) is 5.64. The summed E-state index contributed by atoms with van der Waals surface area (Å²) in [5, 5.41) is 10.1. The molecule has 2 aromatic carbocycles. The Morgan fingerprint density at radius 2 is 1.98 bits per heavy atom. The second-order valence-electron chi connectivity index (χ2n) is 9.89. The van der Waals surface area contributed by atoms with Crippen LogP contribution in [0.1, 0.15) is 39.4 Å². The summed E-state index contributed by atoms with van der Waals surface area (Å²) in [5.41, 5.74) is 2.57. The summed E-state index contributed by atoms with van der Waals surface area (Å²) < 4.78 is 41.9. The number of aromatic nitrogens is 3. The Bertz CT molecular complexity index is 1630. The molecule has 0 spiro atoms. The van der Waals surface area contributed by atoms with Crippen molar-refractivity contribution in [2.45, 2.75) is 45.2 Å². The molecule has 6 rings (SSSR count). The van der Waals surface area contributed by atoms with Crippen molar-refractivity contribution in [2.24, 2.45) is 0 Å². The molecule has 1 saturated heterocycles. The molecule has 2 aliphatic heterocycles. The number of carboxylic acids is 1. The zero-order chi connectivity index (χ0) is 28.0. The highest BCUT2D eigenvalue weighted by Gasteiger charge is 2.27. The molecule has 0 bridgehead atoms. The lowest BCUT2D eigenvalue weighted by molar-refractivity contribution is -0.0592. The molecular formula is C28H24Cl2F2N4O4. The van der Waals surface area contributed by atoms with Crippen LogP contribution >= 0.6 is 23.2 Å². The first-order valence-corrected chi connectivity index (χ1v) is 13.5. The van der Waals surface area contributed by atoms with Gasteiger partial charge in [-0.05, 0) is 48.7 Å². The number of benzene rings is 2. The molecule has 208 valence electrons. The van der Waals surface area contributed by atoms with Crippen LogP contribution in [0.3, 0.4) is 0 Å². The van der Waals surface area contributed by atoms with Crippen molar-refractivity contribution in [1.29, 1.82) is 0 Å². The molecule has 40 heavy (non-hydrogen) atoms. The fourth-order valence-electron chi connectivity index (χ4n) is 5.03. The molecule has 2 aliphatic rings. The lowest BCUT2D eigenvalue weighted by atomic mass is 10.1. The van der Waals surface area contributed by atoms with Crippen LogP contribution < -0.4 is 4.74 Å². The maximum atomic E-state index is 15.3. The second-order valence-corrected chi connectivity index (χ2v) is 10.7. The van der Waals surface area contributed by atoms with Gasteiger partial charge in [0.15, 0.2) is 5.82 Å². The summed E-state index contributed by atoms with van der Waals surface area (Å²) in [6.07, 6.45) is 1.45. The van der Waals surface area contributed by atoms with E-state index < -0.39 is 23.2 Å². The number of rotatable bonds is 8. The second kappa shape index (κ2) is 10.9. The topological polar surface area (TPSA) is 89.7 Å². The summed E-state index contributed by atoms with van der Waals surface area (Å²) >= 11 is 12.6. The minimum atomic E-state index is -1.33. The molecule has 12 heteroatoms. The summed E-state index contributed by atoms with van der Waals surface area (Å²) in [5.74, 6) is -1.69. The highest BCUT2D eigenvalue weighted by molar-refractivity contribution is 6.32. The normalized spacial score (nSPS) is 17.1. The van der Waals surface area contributed by atoms with E-state index >= 15 is 4.39 Å². The van der Waals surface area contributed by atoms with Crippen LogP contribution in [0.15, 0.2) is 36.4 Å². The number of pyridine rings is 1. The first kappa shape index (κ1) is 26.9. The van der Waals surface area contributed by atoms with E-state index in [0.717, 1.165) is 17.7 Å². The minimum absolute atomic E-state index is 0.0749. The van der Waals surface area contributed by atoms with Gasteiger partial charge in [-0.3, -0.25) is 4.90 Å². The van der Waals surface area contributed by atoms with Crippen LogP contribution in [0.4, 0.5) is 8.78 Å². The van der Waals surface area contributed by atoms with Gasteiger partial charge in [0.05, 0.1) is 41.0 Å². The van der Waals surface area contributed by atoms with Gasteiger partial charge in [-0.25, -0.2) is 23.5 Å². The van der Waals surface area contributed by atoms with Crippen molar-refractivity contribution in [2.75, 3.05) is 13.2 Å². The predicted molar refractivity (Wildman–Crippen MR) is 144 cm³/mol. The number of hydrogen-bond donors (Lipinski definition) is 1. The van der Waals surface area contributed by atoms with E-state index in [1.54, 1.807) is 10.6 Å². The highest BCUT2D eigenvalue weighted by Crippen LogP contribution is 2.31. The summed E-state index contributed by atoms with van der Waals surface area (Å²) in [7, 11) is 0. The number of ether oxygens (including phenoxy) is 2. The number of imidazole rings is 1. The third-order valence-corrected chi connectivity index (χ3v) is 7.89. The summed E-state index contributed by atoms with van der Waals surface area (Å²) in [4.78, 5) is 23.0. The van der Waals surface area contributed by atoms with Gasteiger partial charge in [-0.2, -0.15) is 0 Å². The van der Waals surface area contributed by atoms with Gasteiger partial charge < -0.3 is 19.1 Å². The largest absolute Gasteiger partial charge is 0.478 e. The molecule has 0 saturated carbocycles. The lowest BCUT2D eigenvalue weighted by Crippen LogP contribution is -2.34. The van der Waals surface area contributed by atoms with Crippen LogP contribution in [0.2, 0.25) is 10.0 Å². The fourth-order valence-corrected chi connectivity index (χ4v) is 5.48. The zero-order valence-corrected chi connectivity index (χ0v) is 22.7. The Morgan fingerprint density at radius 1 is 1.15 bits per heavy atom. The van der Waals surface area contributed by atoms with Gasteiger partial charge in [-0.1, -0.05) is 29.3 Å². The van der Waals surface area contributed by atoms with E-state index in [0.29, 0.717) is 61.1 Å². The molecule has 1 fully saturated rings. The number of aromatic carboxylic acids is 1. The Hall–Kier alpha value is -3.31. The Morgan fingerprint density at radius 3 is 2.70 bits per heavy atom. The van der Waals surface area contributed by atoms with Crippen molar-refractivity contribution < 1.29 is 28.2 Å². The maximum Gasteiger partial charge on any atom is 0.338 e. The SMILES string of the molecule is O=C(O)c1ccc2nc(CN3CCc4cc(Cl)c(OCc5ccc(F)cc5Cl)nc4C3)n(C[C@@H]3CCO3)c2c1F. The van der Waals surface area contributed by atoms with Crippen LogP contribution in [0.5, 0.6) is 5.88 Å². The number of hydrogen-bond acceptors (Lipinski definition) is 6. The van der Waals surface area contributed by atoms with Gasteiger partial charge in [0.25, 0.3) is 0 Å². The molecule has 0 unspecified atom stereocenters. The molecule has 1 N–H and O–H groups in total. The molecule has 0 amide bonds. The van der Waals surface area contributed by atoms with Gasteiger partial charge in [-0.15, -0.1) is 0 Å². The van der Waals surface area contributed by atoms with Crippen molar-refractivity contribution >= 4 is 40.2 Å². The first-order chi connectivity index (χ1) is 19.3. The summed E-state index contributed by atoms with van der Waals surface area (Å²) in [6.45, 7) is 2.67. The van der Waals surface area contributed by atoms with E-state index in [4.69, 9.17) is 32.7 Å². The molecule has 0 radical (unpaired) electrons.